The molecule has 1 aromatic carbocycles. The van der Waals surface area contributed by atoms with E-state index in [9.17, 15) is 13.2 Å². The van der Waals surface area contributed by atoms with Gasteiger partial charge in [0, 0.05) is 13.1 Å². The molecular formula is C15H21F3N2. The Bertz CT molecular complexity index is 422. The van der Waals surface area contributed by atoms with E-state index in [-0.39, 0.29) is 0 Å². The smallest absolute Gasteiger partial charge is 0.194 e. The van der Waals surface area contributed by atoms with Gasteiger partial charge in [0.2, 0.25) is 0 Å². The average molecular weight is 286 g/mol. The minimum atomic E-state index is -1.39. The molecule has 5 heteroatoms. The summed E-state index contributed by atoms with van der Waals surface area (Å²) in [5.74, 6) is -3.00. The molecule has 2 nitrogen and oxygen atoms in total. The summed E-state index contributed by atoms with van der Waals surface area (Å²) in [7, 11) is 0. The molecule has 0 amide bonds. The van der Waals surface area contributed by atoms with Gasteiger partial charge in [-0.15, -0.1) is 0 Å². The first-order valence-corrected chi connectivity index (χ1v) is 7.16. The van der Waals surface area contributed by atoms with E-state index in [1.165, 1.54) is 0 Å². The standard InChI is InChI=1S/C15H21F3N2/c1-2-20(9-11-3-5-19-6-4-11)10-12-7-13(16)15(18)14(17)8-12/h7-8,11,19H,2-6,9-10H2,1H3. The SMILES string of the molecule is CCN(Cc1cc(F)c(F)c(F)c1)CC1CCNCC1. The molecular weight excluding hydrogens is 265 g/mol. The third-order valence-corrected chi connectivity index (χ3v) is 3.87. The lowest BCUT2D eigenvalue weighted by atomic mass is 9.97. The van der Waals surface area contributed by atoms with Gasteiger partial charge in [0.15, 0.2) is 17.5 Å². The number of hydrogen-bond acceptors (Lipinski definition) is 2. The second-order valence-electron chi connectivity index (χ2n) is 5.39. The number of nitrogens with one attached hydrogen (secondary N) is 1. The van der Waals surface area contributed by atoms with Crippen molar-refractivity contribution in [1.29, 1.82) is 0 Å². The fourth-order valence-corrected chi connectivity index (χ4v) is 2.69. The van der Waals surface area contributed by atoms with Crippen molar-refractivity contribution >= 4 is 0 Å². The third kappa shape index (κ3) is 3.96. The fourth-order valence-electron chi connectivity index (χ4n) is 2.69. The van der Waals surface area contributed by atoms with Crippen molar-refractivity contribution in [1.82, 2.24) is 10.2 Å². The molecule has 1 aromatic rings. The summed E-state index contributed by atoms with van der Waals surface area (Å²) in [6, 6.07) is 2.17. The third-order valence-electron chi connectivity index (χ3n) is 3.87. The van der Waals surface area contributed by atoms with Crippen LogP contribution in [0.4, 0.5) is 13.2 Å². The molecule has 1 saturated heterocycles. The Hall–Kier alpha value is -1.07. The molecule has 0 unspecified atom stereocenters. The van der Waals surface area contributed by atoms with Crippen LogP contribution in [0.5, 0.6) is 0 Å². The van der Waals surface area contributed by atoms with Crippen molar-refractivity contribution in [2.75, 3.05) is 26.2 Å². The van der Waals surface area contributed by atoms with Gasteiger partial charge in [-0.25, -0.2) is 13.2 Å². The first kappa shape index (κ1) is 15.3. The van der Waals surface area contributed by atoms with E-state index in [1.54, 1.807) is 0 Å². The van der Waals surface area contributed by atoms with Gasteiger partial charge in [-0.2, -0.15) is 0 Å². The van der Waals surface area contributed by atoms with Gasteiger partial charge >= 0.3 is 0 Å². The number of nitrogens with zero attached hydrogens (tertiary/aromatic N) is 1. The van der Waals surface area contributed by atoms with Crippen LogP contribution < -0.4 is 5.32 Å². The van der Waals surface area contributed by atoms with Crippen LogP contribution in [-0.4, -0.2) is 31.1 Å². The Morgan fingerprint density at radius 1 is 1.15 bits per heavy atom. The van der Waals surface area contributed by atoms with Crippen molar-refractivity contribution in [2.24, 2.45) is 5.92 Å². The maximum absolute atomic E-state index is 13.2. The quantitative estimate of drug-likeness (QED) is 0.837. The Morgan fingerprint density at radius 3 is 2.30 bits per heavy atom. The Kier molecular flexibility index (Phi) is 5.43. The highest BCUT2D eigenvalue weighted by Gasteiger charge is 2.17. The first-order valence-electron chi connectivity index (χ1n) is 7.16. The molecule has 1 fully saturated rings. The molecule has 1 aliphatic rings. The molecule has 112 valence electrons. The zero-order valence-electron chi connectivity index (χ0n) is 11.8. The maximum Gasteiger partial charge on any atom is 0.194 e. The number of hydrogen-bond donors (Lipinski definition) is 1. The molecule has 2 rings (SSSR count). The summed E-state index contributed by atoms with van der Waals surface area (Å²) in [6.07, 6.45) is 2.26. The van der Waals surface area contributed by atoms with Crippen LogP contribution in [0.15, 0.2) is 12.1 Å². The molecule has 0 bridgehead atoms. The van der Waals surface area contributed by atoms with Crippen LogP contribution in [0.2, 0.25) is 0 Å². The highest BCUT2D eigenvalue weighted by Crippen LogP contribution is 2.18. The lowest BCUT2D eigenvalue weighted by Crippen LogP contribution is -2.36. The van der Waals surface area contributed by atoms with Gasteiger partial charge in [0.25, 0.3) is 0 Å². The second-order valence-corrected chi connectivity index (χ2v) is 5.39. The monoisotopic (exact) mass is 286 g/mol. The van der Waals surface area contributed by atoms with Gasteiger partial charge in [-0.1, -0.05) is 6.92 Å². The van der Waals surface area contributed by atoms with E-state index < -0.39 is 17.5 Å². The van der Waals surface area contributed by atoms with Crippen LogP contribution >= 0.6 is 0 Å². The van der Waals surface area contributed by atoms with Crippen LogP contribution in [0, 0.1) is 23.4 Å². The van der Waals surface area contributed by atoms with E-state index in [2.05, 4.69) is 10.2 Å². The number of piperidine rings is 1. The predicted octanol–water partition coefficient (Wildman–Crippen LogP) is 2.93. The van der Waals surface area contributed by atoms with Crippen molar-refractivity contribution in [2.45, 2.75) is 26.3 Å². The molecule has 0 radical (unpaired) electrons. The number of halogens is 3. The van der Waals surface area contributed by atoms with Gasteiger partial charge in [-0.05, 0) is 56.1 Å². The van der Waals surface area contributed by atoms with Gasteiger partial charge in [0.1, 0.15) is 0 Å². The second kappa shape index (κ2) is 7.09. The summed E-state index contributed by atoms with van der Waals surface area (Å²) in [6.45, 7) is 6.26. The zero-order valence-corrected chi connectivity index (χ0v) is 11.8. The van der Waals surface area contributed by atoms with Crippen LogP contribution in [-0.2, 0) is 6.54 Å². The highest BCUT2D eigenvalue weighted by molar-refractivity contribution is 5.19. The molecule has 0 saturated carbocycles. The average Bonchev–Trinajstić information content (AvgIpc) is 2.45. The molecule has 0 atom stereocenters. The van der Waals surface area contributed by atoms with Crippen molar-refractivity contribution < 1.29 is 13.2 Å². The minimum Gasteiger partial charge on any atom is -0.317 e. The van der Waals surface area contributed by atoms with E-state index in [0.717, 1.165) is 51.2 Å². The topological polar surface area (TPSA) is 15.3 Å². The van der Waals surface area contributed by atoms with Crippen LogP contribution in [0.1, 0.15) is 25.3 Å². The molecule has 20 heavy (non-hydrogen) atoms. The molecule has 1 aliphatic heterocycles. The summed E-state index contributed by atoms with van der Waals surface area (Å²) in [5, 5.41) is 3.32. The van der Waals surface area contributed by atoms with Gasteiger partial charge < -0.3 is 5.32 Å². The Labute approximate surface area is 118 Å². The van der Waals surface area contributed by atoms with E-state index in [1.807, 2.05) is 6.92 Å². The maximum atomic E-state index is 13.2. The van der Waals surface area contributed by atoms with E-state index in [0.29, 0.717) is 18.0 Å². The molecule has 1 N–H and O–H groups in total. The van der Waals surface area contributed by atoms with Gasteiger partial charge in [-0.3, -0.25) is 4.90 Å². The predicted molar refractivity (Wildman–Crippen MR) is 72.9 cm³/mol. The number of benzene rings is 1. The van der Waals surface area contributed by atoms with Crippen molar-refractivity contribution in [3.05, 3.63) is 35.1 Å². The first-order chi connectivity index (χ1) is 9.60. The molecule has 0 aliphatic carbocycles. The van der Waals surface area contributed by atoms with E-state index >= 15 is 0 Å². The molecule has 1 heterocycles. The minimum absolute atomic E-state index is 0.453. The summed E-state index contributed by atoms with van der Waals surface area (Å²) in [5.41, 5.74) is 0.484. The Balaban J connectivity index is 1.98. The largest absolute Gasteiger partial charge is 0.317 e. The molecule has 0 spiro atoms. The lowest BCUT2D eigenvalue weighted by Gasteiger charge is -2.29. The summed E-state index contributed by atoms with van der Waals surface area (Å²) < 4.78 is 39.4. The van der Waals surface area contributed by atoms with Crippen molar-refractivity contribution in [3.8, 4) is 0 Å². The summed E-state index contributed by atoms with van der Waals surface area (Å²) in [4.78, 5) is 2.15. The van der Waals surface area contributed by atoms with Crippen LogP contribution in [0.3, 0.4) is 0 Å². The highest BCUT2D eigenvalue weighted by atomic mass is 19.2. The Morgan fingerprint density at radius 2 is 1.75 bits per heavy atom. The zero-order chi connectivity index (χ0) is 14.5. The van der Waals surface area contributed by atoms with Crippen LogP contribution in [0.25, 0.3) is 0 Å². The van der Waals surface area contributed by atoms with Gasteiger partial charge in [0.05, 0.1) is 0 Å². The normalized spacial score (nSPS) is 16.9. The molecule has 0 aromatic heterocycles. The lowest BCUT2D eigenvalue weighted by molar-refractivity contribution is 0.206. The summed E-state index contributed by atoms with van der Waals surface area (Å²) >= 11 is 0. The number of rotatable bonds is 5. The van der Waals surface area contributed by atoms with E-state index in [4.69, 9.17) is 0 Å². The fraction of sp³-hybridized carbons (Fsp3) is 0.600. The van der Waals surface area contributed by atoms with Crippen molar-refractivity contribution in [3.63, 3.8) is 0 Å².